The van der Waals surface area contributed by atoms with Crippen molar-refractivity contribution in [2.45, 2.75) is 82.3 Å². The van der Waals surface area contributed by atoms with Crippen LogP contribution in [0.3, 0.4) is 0 Å². The number of anilines is 1. The molecule has 19 heteroatoms. The van der Waals surface area contributed by atoms with Crippen LogP contribution in [0.1, 0.15) is 63.7 Å². The highest BCUT2D eigenvalue weighted by atomic mass is 31.2. The fourth-order valence-corrected chi connectivity index (χ4v) is 7.42. The highest BCUT2D eigenvalue weighted by Crippen LogP contribution is 2.48. The monoisotopic (exact) mass is 788 g/mol. The lowest BCUT2D eigenvalue weighted by Gasteiger charge is -2.31. The Morgan fingerprint density at radius 3 is 2.53 bits per heavy atom. The molecule has 4 N–H and O–H groups in total. The van der Waals surface area contributed by atoms with Crippen molar-refractivity contribution in [2.75, 3.05) is 18.9 Å². The second-order valence-corrected chi connectivity index (χ2v) is 14.4. The Bertz CT molecular complexity index is 2030. The van der Waals surface area contributed by atoms with Crippen LogP contribution in [-0.2, 0) is 34.5 Å². The van der Waals surface area contributed by atoms with Gasteiger partial charge in [0.1, 0.15) is 36.3 Å². The summed E-state index contributed by atoms with van der Waals surface area (Å²) in [5, 5.41) is 12.4. The fourth-order valence-electron chi connectivity index (χ4n) is 5.89. The summed E-state index contributed by atoms with van der Waals surface area (Å²) in [5.74, 6) is -1.34. The summed E-state index contributed by atoms with van der Waals surface area (Å²) in [7, 11) is -4.82. The average Bonchev–Trinajstić information content (AvgIpc) is 3.72. The maximum atomic E-state index is 14.5. The Kier molecular flexibility index (Phi) is 13.7. The Hall–Kier alpha value is -5.21. The van der Waals surface area contributed by atoms with E-state index in [-0.39, 0.29) is 41.3 Å². The lowest BCUT2D eigenvalue weighted by atomic mass is 9.99. The van der Waals surface area contributed by atoms with Crippen molar-refractivity contribution >= 4 is 36.9 Å². The van der Waals surface area contributed by atoms with E-state index in [1.807, 2.05) is 0 Å². The lowest BCUT2D eigenvalue weighted by Crippen LogP contribution is -2.46. The molecule has 2 aromatic heterocycles. The first-order valence-electron chi connectivity index (χ1n) is 17.4. The molecule has 55 heavy (non-hydrogen) atoms. The molecule has 0 saturated carbocycles. The standard InChI is InChI=1S/C36H40F3N6O9P/c1-3-5-6-7-8-12-15-50-35(48)52-28-20-29(45-22-41-30-31(40)42-34(39)43-32(30)45)53-36(28,4-2)21-51-55(49,54-26-13-10-9-11-14-26)44-27(33(46)47)18-23-16-24(37)19-25(38)17-23/h2,9-11,13-14,16-17,19,22,27-29H,3,5-8,12,15,18,20-21H2,1H3,(H,44,49)(H,46,47)(H2,40,42,43)/t27?,28-,29+,36+,55-/m0/s1. The molecular weight excluding hydrogens is 748 g/mol. The van der Waals surface area contributed by atoms with Gasteiger partial charge in [0.05, 0.1) is 12.9 Å². The van der Waals surface area contributed by atoms with E-state index >= 15 is 0 Å². The van der Waals surface area contributed by atoms with Crippen molar-refractivity contribution in [1.82, 2.24) is 24.6 Å². The largest absolute Gasteiger partial charge is 0.508 e. The number of carbonyl (C=O) groups is 2. The third-order valence-corrected chi connectivity index (χ3v) is 10.2. The number of carboxylic acid groups (broad SMARTS) is 1. The third kappa shape index (κ3) is 10.7. The number of nitrogen functional groups attached to an aromatic ring is 1. The molecule has 4 aromatic rings. The zero-order valence-corrected chi connectivity index (χ0v) is 30.6. The molecule has 5 atom stereocenters. The molecule has 1 aliphatic heterocycles. The van der Waals surface area contributed by atoms with E-state index in [4.69, 9.17) is 35.4 Å². The van der Waals surface area contributed by atoms with E-state index in [0.29, 0.717) is 12.5 Å². The molecular formula is C36H40F3N6O9P. The SMILES string of the molecule is C#C[C@]1(CO[P@@](=O)(NC(Cc2cc(F)cc(F)c2)C(=O)O)Oc2ccccc2)O[C@@H](n2cnc3c(N)nc(F)nc32)C[C@@H]1OC(=O)OCCCCCCCC. The second kappa shape index (κ2) is 18.4. The van der Waals surface area contributed by atoms with Crippen molar-refractivity contribution in [3.8, 4) is 18.1 Å². The number of ether oxygens (including phenoxy) is 3. The number of hydrogen-bond acceptors (Lipinski definition) is 12. The Morgan fingerprint density at radius 1 is 1.13 bits per heavy atom. The summed E-state index contributed by atoms with van der Waals surface area (Å²) in [5.41, 5.74) is 3.66. The first kappa shape index (κ1) is 41.0. The number of aromatic nitrogens is 4. The smallest absolute Gasteiger partial charge is 0.480 e. The zero-order chi connectivity index (χ0) is 39.6. The molecule has 1 unspecified atom stereocenters. The number of terminal acetylenes is 1. The average molecular weight is 789 g/mol. The fraction of sp³-hybridized carbons (Fsp3) is 0.417. The molecule has 3 heterocycles. The summed E-state index contributed by atoms with van der Waals surface area (Å²) in [6.45, 7) is 1.30. The van der Waals surface area contributed by atoms with Gasteiger partial charge in [-0.25, -0.2) is 23.1 Å². The van der Waals surface area contributed by atoms with Crippen molar-refractivity contribution in [3.05, 3.63) is 78.1 Å². The first-order valence-corrected chi connectivity index (χ1v) is 19.0. The van der Waals surface area contributed by atoms with E-state index in [1.165, 1.54) is 23.0 Å². The number of hydrogen-bond donors (Lipinski definition) is 3. The van der Waals surface area contributed by atoms with Crippen LogP contribution in [0.5, 0.6) is 5.75 Å². The van der Waals surface area contributed by atoms with Gasteiger partial charge in [0.2, 0.25) is 0 Å². The van der Waals surface area contributed by atoms with Crippen LogP contribution in [0.25, 0.3) is 11.2 Å². The minimum atomic E-state index is -4.82. The summed E-state index contributed by atoms with van der Waals surface area (Å²) in [6, 6.07) is 8.23. The number of unbranched alkanes of at least 4 members (excludes halogenated alkanes) is 5. The first-order chi connectivity index (χ1) is 26.3. The Morgan fingerprint density at radius 2 is 1.84 bits per heavy atom. The van der Waals surface area contributed by atoms with Crippen molar-refractivity contribution < 1.29 is 55.7 Å². The molecule has 0 spiro atoms. The highest BCUT2D eigenvalue weighted by Gasteiger charge is 2.53. The predicted molar refractivity (Wildman–Crippen MR) is 191 cm³/mol. The van der Waals surface area contributed by atoms with Crippen LogP contribution in [0.2, 0.25) is 0 Å². The van der Waals surface area contributed by atoms with E-state index in [0.717, 1.165) is 44.2 Å². The van der Waals surface area contributed by atoms with Crippen molar-refractivity contribution in [2.24, 2.45) is 0 Å². The molecule has 1 fully saturated rings. The minimum Gasteiger partial charge on any atom is -0.480 e. The Balaban J connectivity index is 1.42. The summed E-state index contributed by atoms with van der Waals surface area (Å²) in [4.78, 5) is 36.8. The summed E-state index contributed by atoms with van der Waals surface area (Å²) >= 11 is 0. The van der Waals surface area contributed by atoms with Gasteiger partial charge in [-0.05, 0) is 42.7 Å². The van der Waals surface area contributed by atoms with Crippen LogP contribution in [0, 0.1) is 30.1 Å². The van der Waals surface area contributed by atoms with Crippen molar-refractivity contribution in [3.63, 3.8) is 0 Å². The number of halogens is 3. The molecule has 0 aliphatic carbocycles. The number of imidazole rings is 1. The van der Waals surface area contributed by atoms with Gasteiger partial charge in [0.25, 0.3) is 0 Å². The Labute approximate surface area is 314 Å². The molecule has 1 aliphatic rings. The lowest BCUT2D eigenvalue weighted by molar-refractivity contribution is -0.139. The molecule has 0 bridgehead atoms. The molecule has 1 saturated heterocycles. The van der Waals surface area contributed by atoms with Gasteiger partial charge in [0.15, 0.2) is 28.7 Å². The zero-order valence-electron chi connectivity index (χ0n) is 29.7. The number of fused-ring (bicyclic) bond motifs is 1. The third-order valence-electron chi connectivity index (χ3n) is 8.61. The number of para-hydroxylation sites is 1. The van der Waals surface area contributed by atoms with E-state index < -0.39 is 74.6 Å². The van der Waals surface area contributed by atoms with Gasteiger partial charge in [-0.15, -0.1) is 6.42 Å². The number of rotatable bonds is 19. The molecule has 15 nitrogen and oxygen atoms in total. The maximum absolute atomic E-state index is 14.5. The number of benzene rings is 2. The maximum Gasteiger partial charge on any atom is 0.508 e. The van der Waals surface area contributed by atoms with Gasteiger partial charge in [-0.3, -0.25) is 13.9 Å². The molecule has 5 rings (SSSR count). The normalized spacial score (nSPS) is 19.7. The van der Waals surface area contributed by atoms with E-state index in [9.17, 15) is 32.4 Å². The minimum absolute atomic E-state index is 0.0190. The van der Waals surface area contributed by atoms with Crippen LogP contribution in [0.15, 0.2) is 54.9 Å². The number of nitrogens with zero attached hydrogens (tertiary/aromatic N) is 4. The summed E-state index contributed by atoms with van der Waals surface area (Å²) < 4.78 is 86.7. The van der Waals surface area contributed by atoms with Crippen molar-refractivity contribution in [1.29, 1.82) is 0 Å². The number of nitrogens with two attached hydrogens (primary N) is 1. The highest BCUT2D eigenvalue weighted by molar-refractivity contribution is 7.52. The van der Waals surface area contributed by atoms with Crippen LogP contribution >= 0.6 is 7.75 Å². The van der Waals surface area contributed by atoms with E-state index in [2.05, 4.69) is 32.9 Å². The number of aliphatic carboxylic acids is 1. The van der Waals surface area contributed by atoms with Gasteiger partial charge in [-0.2, -0.15) is 19.4 Å². The molecule has 2 aromatic carbocycles. The number of carbonyl (C=O) groups excluding carboxylic acids is 1. The number of carboxylic acids is 1. The van der Waals surface area contributed by atoms with Crippen LogP contribution in [-0.4, -0.2) is 67.7 Å². The van der Waals surface area contributed by atoms with Gasteiger partial charge in [-0.1, -0.05) is 63.1 Å². The molecule has 0 amide bonds. The summed E-state index contributed by atoms with van der Waals surface area (Å²) in [6.07, 6.45) is 7.32. The van der Waals surface area contributed by atoms with Crippen LogP contribution < -0.4 is 15.3 Å². The predicted octanol–water partition coefficient (Wildman–Crippen LogP) is 6.49. The quantitative estimate of drug-likeness (QED) is 0.0306. The topological polar surface area (TPSA) is 199 Å². The molecule has 0 radical (unpaired) electrons. The van der Waals surface area contributed by atoms with Gasteiger partial charge < -0.3 is 29.6 Å². The van der Waals surface area contributed by atoms with Gasteiger partial charge >= 0.3 is 25.9 Å². The van der Waals surface area contributed by atoms with Gasteiger partial charge in [0, 0.05) is 12.5 Å². The number of nitrogens with one attached hydrogen (secondary N) is 1. The molecule has 294 valence electrons. The van der Waals surface area contributed by atoms with Crippen LogP contribution in [0.4, 0.5) is 23.8 Å². The van der Waals surface area contributed by atoms with E-state index in [1.54, 1.807) is 18.2 Å². The second-order valence-electron chi connectivity index (χ2n) is 12.7.